The number of carboxylic acids is 1. The molecule has 3 aromatic rings. The fourth-order valence-corrected chi connectivity index (χ4v) is 3.47. The molecule has 6 nitrogen and oxygen atoms in total. The molecule has 1 saturated heterocycles. The summed E-state index contributed by atoms with van der Waals surface area (Å²) in [7, 11) is 2.16. The molecule has 0 unspecified atom stereocenters. The van der Waals surface area contributed by atoms with E-state index in [-0.39, 0.29) is 5.56 Å². The van der Waals surface area contributed by atoms with Crippen LogP contribution in [0.15, 0.2) is 42.5 Å². The van der Waals surface area contributed by atoms with Crippen molar-refractivity contribution in [3.63, 3.8) is 0 Å². The molecule has 0 atom stereocenters. The van der Waals surface area contributed by atoms with E-state index in [1.807, 2.05) is 6.07 Å². The number of aromatic carboxylic acids is 1. The molecular formula is C20H22N4O2. The minimum atomic E-state index is -0.951. The average molecular weight is 350 g/mol. The Bertz CT molecular complexity index is 925. The Kier molecular flexibility index (Phi) is 4.44. The Balaban J connectivity index is 1.56. The first-order valence-corrected chi connectivity index (χ1v) is 8.82. The van der Waals surface area contributed by atoms with Crippen LogP contribution in [0.5, 0.6) is 0 Å². The summed E-state index contributed by atoms with van der Waals surface area (Å²) in [6, 6.07) is 13.6. The highest BCUT2D eigenvalue weighted by molar-refractivity contribution is 6.05. The number of aromatic amines is 1. The number of hydrogen-bond donors (Lipinski definition) is 2. The van der Waals surface area contributed by atoms with E-state index in [1.165, 1.54) is 5.56 Å². The number of H-pyrrole nitrogens is 1. The second kappa shape index (κ2) is 6.90. The van der Waals surface area contributed by atoms with Crippen molar-refractivity contribution >= 4 is 16.9 Å². The topological polar surface area (TPSA) is 72.5 Å². The van der Waals surface area contributed by atoms with Crippen LogP contribution in [-0.2, 0) is 6.54 Å². The first-order valence-electron chi connectivity index (χ1n) is 8.82. The second-order valence-corrected chi connectivity index (χ2v) is 6.88. The molecule has 0 radical (unpaired) electrons. The molecule has 0 saturated carbocycles. The predicted molar refractivity (Wildman–Crippen MR) is 101 cm³/mol. The second-order valence-electron chi connectivity index (χ2n) is 6.88. The van der Waals surface area contributed by atoms with Crippen molar-refractivity contribution < 1.29 is 9.90 Å². The molecular weight excluding hydrogens is 328 g/mol. The molecule has 6 heteroatoms. The molecule has 1 fully saturated rings. The van der Waals surface area contributed by atoms with Crippen LogP contribution >= 0.6 is 0 Å². The summed E-state index contributed by atoms with van der Waals surface area (Å²) < 4.78 is 0. The summed E-state index contributed by atoms with van der Waals surface area (Å²) in [5.74, 6) is -0.951. The van der Waals surface area contributed by atoms with Crippen LogP contribution in [-0.4, -0.2) is 64.3 Å². The van der Waals surface area contributed by atoms with Crippen LogP contribution in [0, 0.1) is 0 Å². The Morgan fingerprint density at radius 2 is 1.85 bits per heavy atom. The van der Waals surface area contributed by atoms with Gasteiger partial charge >= 0.3 is 5.97 Å². The van der Waals surface area contributed by atoms with Gasteiger partial charge in [0.15, 0.2) is 0 Å². The van der Waals surface area contributed by atoms with Gasteiger partial charge in [0.25, 0.3) is 0 Å². The van der Waals surface area contributed by atoms with Crippen LogP contribution in [0.2, 0.25) is 0 Å². The number of carboxylic acid groups (broad SMARTS) is 1. The summed E-state index contributed by atoms with van der Waals surface area (Å²) in [6.07, 6.45) is 0. The molecule has 0 amide bonds. The van der Waals surface area contributed by atoms with E-state index in [1.54, 1.807) is 12.1 Å². The molecule has 4 rings (SSSR count). The third-order valence-electron chi connectivity index (χ3n) is 5.06. The van der Waals surface area contributed by atoms with Gasteiger partial charge in [-0.05, 0) is 18.7 Å². The summed E-state index contributed by atoms with van der Waals surface area (Å²) in [5.41, 5.74) is 3.86. The maximum atomic E-state index is 11.4. The lowest BCUT2D eigenvalue weighted by atomic mass is 10.0. The zero-order valence-electron chi connectivity index (χ0n) is 14.8. The third-order valence-corrected chi connectivity index (χ3v) is 5.06. The number of fused-ring (bicyclic) bond motifs is 1. The van der Waals surface area contributed by atoms with Crippen molar-refractivity contribution in [2.75, 3.05) is 33.2 Å². The number of rotatable bonds is 4. The lowest BCUT2D eigenvalue weighted by Crippen LogP contribution is -2.43. The number of nitrogens with one attached hydrogen (secondary N) is 1. The minimum absolute atomic E-state index is 0.243. The van der Waals surface area contributed by atoms with E-state index in [4.69, 9.17) is 0 Å². The third kappa shape index (κ3) is 3.21. The molecule has 1 aliphatic heterocycles. The monoisotopic (exact) mass is 350 g/mol. The Morgan fingerprint density at radius 3 is 2.54 bits per heavy atom. The molecule has 0 spiro atoms. The lowest BCUT2D eigenvalue weighted by molar-refractivity contribution is 0.0699. The van der Waals surface area contributed by atoms with E-state index in [0.29, 0.717) is 5.52 Å². The highest BCUT2D eigenvalue weighted by Crippen LogP contribution is 2.28. The number of likely N-dealkylation sites (N-methyl/N-ethyl adjacent to an activating group) is 1. The van der Waals surface area contributed by atoms with Gasteiger partial charge in [-0.1, -0.05) is 36.4 Å². The van der Waals surface area contributed by atoms with Crippen molar-refractivity contribution in [3.05, 3.63) is 53.6 Å². The highest BCUT2D eigenvalue weighted by Gasteiger charge is 2.16. The number of piperazine rings is 1. The largest absolute Gasteiger partial charge is 0.478 e. The van der Waals surface area contributed by atoms with Crippen LogP contribution in [0.3, 0.4) is 0 Å². The Hall–Kier alpha value is -2.70. The molecule has 0 aliphatic carbocycles. The van der Waals surface area contributed by atoms with E-state index in [0.717, 1.165) is 49.4 Å². The summed E-state index contributed by atoms with van der Waals surface area (Å²) in [5, 5.41) is 17.4. The minimum Gasteiger partial charge on any atom is -0.478 e. The smallest absolute Gasteiger partial charge is 0.337 e. The molecule has 2 heterocycles. The molecule has 2 aromatic carbocycles. The van der Waals surface area contributed by atoms with Gasteiger partial charge in [-0.15, -0.1) is 0 Å². The SMILES string of the molecule is CN1CCN(Cc2ccc(-c3n[nH]c4c(C(=O)O)cccc34)cc2)CC1. The van der Waals surface area contributed by atoms with Crippen molar-refractivity contribution in [3.8, 4) is 11.3 Å². The fourth-order valence-electron chi connectivity index (χ4n) is 3.47. The summed E-state index contributed by atoms with van der Waals surface area (Å²) in [4.78, 5) is 16.2. The molecule has 0 bridgehead atoms. The maximum absolute atomic E-state index is 11.4. The van der Waals surface area contributed by atoms with Gasteiger partial charge in [0.2, 0.25) is 0 Å². The first-order chi connectivity index (χ1) is 12.6. The quantitative estimate of drug-likeness (QED) is 0.757. The number of aromatic nitrogens is 2. The molecule has 26 heavy (non-hydrogen) atoms. The maximum Gasteiger partial charge on any atom is 0.337 e. The summed E-state index contributed by atoms with van der Waals surface area (Å²) >= 11 is 0. The standard InChI is InChI=1S/C20H22N4O2/c1-23-9-11-24(12-10-23)13-14-5-7-15(8-6-14)18-16-3-2-4-17(20(25)26)19(16)22-21-18/h2-8H,9-13H2,1H3,(H,21,22)(H,25,26). The highest BCUT2D eigenvalue weighted by atomic mass is 16.4. The van der Waals surface area contributed by atoms with Gasteiger partial charge in [0.1, 0.15) is 0 Å². The molecule has 1 aromatic heterocycles. The van der Waals surface area contributed by atoms with Crippen molar-refractivity contribution in [1.82, 2.24) is 20.0 Å². The number of benzene rings is 2. The van der Waals surface area contributed by atoms with Crippen LogP contribution in [0.1, 0.15) is 15.9 Å². The van der Waals surface area contributed by atoms with Gasteiger partial charge in [-0.3, -0.25) is 10.00 Å². The van der Waals surface area contributed by atoms with Crippen molar-refractivity contribution in [1.29, 1.82) is 0 Å². The molecule has 1 aliphatic rings. The van der Waals surface area contributed by atoms with E-state index in [9.17, 15) is 9.90 Å². The van der Waals surface area contributed by atoms with Crippen LogP contribution in [0.25, 0.3) is 22.2 Å². The normalized spacial score (nSPS) is 16.2. The van der Waals surface area contributed by atoms with Crippen molar-refractivity contribution in [2.24, 2.45) is 0 Å². The average Bonchev–Trinajstić information content (AvgIpc) is 3.08. The van der Waals surface area contributed by atoms with E-state index >= 15 is 0 Å². The number of hydrogen-bond acceptors (Lipinski definition) is 4. The van der Waals surface area contributed by atoms with Gasteiger partial charge in [-0.2, -0.15) is 5.10 Å². The molecule has 2 N–H and O–H groups in total. The lowest BCUT2D eigenvalue weighted by Gasteiger charge is -2.32. The van der Waals surface area contributed by atoms with Gasteiger partial charge < -0.3 is 10.0 Å². The van der Waals surface area contributed by atoms with Crippen LogP contribution < -0.4 is 0 Å². The number of carbonyl (C=O) groups is 1. The van der Waals surface area contributed by atoms with E-state index in [2.05, 4.69) is 51.3 Å². The van der Waals surface area contributed by atoms with Gasteiger partial charge in [0, 0.05) is 43.7 Å². The van der Waals surface area contributed by atoms with Crippen LogP contribution in [0.4, 0.5) is 0 Å². The molecule has 134 valence electrons. The fraction of sp³-hybridized carbons (Fsp3) is 0.300. The Morgan fingerprint density at radius 1 is 1.12 bits per heavy atom. The summed E-state index contributed by atoms with van der Waals surface area (Å²) in [6.45, 7) is 5.38. The number of nitrogens with zero attached hydrogens (tertiary/aromatic N) is 3. The van der Waals surface area contributed by atoms with Gasteiger partial charge in [0.05, 0.1) is 16.8 Å². The van der Waals surface area contributed by atoms with Crippen molar-refractivity contribution in [2.45, 2.75) is 6.54 Å². The Labute approximate surface area is 152 Å². The van der Waals surface area contributed by atoms with Gasteiger partial charge in [-0.25, -0.2) is 4.79 Å². The first kappa shape index (κ1) is 16.8. The van der Waals surface area contributed by atoms with E-state index < -0.39 is 5.97 Å². The number of para-hydroxylation sites is 1. The zero-order valence-corrected chi connectivity index (χ0v) is 14.8. The zero-order chi connectivity index (χ0) is 18.1. The predicted octanol–water partition coefficient (Wildman–Crippen LogP) is 2.68.